The molecule has 8 nitrogen and oxygen atoms in total. The number of ether oxygens (including phenoxy) is 1. The molecule has 0 unspecified atom stereocenters. The van der Waals surface area contributed by atoms with Gasteiger partial charge in [0.1, 0.15) is 24.2 Å². The third kappa shape index (κ3) is 7.79. The largest absolute Gasteiger partial charge is 0.497 e. The predicted octanol–water partition coefficient (Wildman–Crippen LogP) is 4.02. The number of nitrogens with zero attached hydrogens (tertiary/aromatic N) is 2. The zero-order valence-electron chi connectivity index (χ0n) is 22.3. The summed E-state index contributed by atoms with van der Waals surface area (Å²) in [5, 5.41) is 2.81. The summed E-state index contributed by atoms with van der Waals surface area (Å²) < 4.78 is 47.2. The molecule has 0 aliphatic carbocycles. The highest BCUT2D eigenvalue weighted by Crippen LogP contribution is 2.26. The van der Waals surface area contributed by atoms with Gasteiger partial charge in [0.05, 0.1) is 17.7 Å². The van der Waals surface area contributed by atoms with Crippen LogP contribution in [-0.2, 0) is 26.0 Å². The van der Waals surface area contributed by atoms with Gasteiger partial charge < -0.3 is 15.0 Å². The maximum Gasteiger partial charge on any atom is 0.264 e. The van der Waals surface area contributed by atoms with Gasteiger partial charge in [-0.15, -0.1) is 0 Å². The van der Waals surface area contributed by atoms with Gasteiger partial charge in [0.2, 0.25) is 11.8 Å². The second-order valence-corrected chi connectivity index (χ2v) is 10.8. The Hall–Kier alpha value is -3.92. The number of sulfonamides is 1. The highest BCUT2D eigenvalue weighted by atomic mass is 32.2. The van der Waals surface area contributed by atoms with Crippen molar-refractivity contribution in [2.24, 2.45) is 0 Å². The predicted molar refractivity (Wildman–Crippen MR) is 149 cm³/mol. The van der Waals surface area contributed by atoms with E-state index in [1.54, 1.807) is 6.92 Å². The quantitative estimate of drug-likeness (QED) is 0.344. The van der Waals surface area contributed by atoms with Crippen molar-refractivity contribution in [3.8, 4) is 5.75 Å². The Balaban J connectivity index is 1.96. The van der Waals surface area contributed by atoms with E-state index in [4.69, 9.17) is 4.74 Å². The SMILES string of the molecule is CCCNC(=O)[C@@H](C)N(CCc1ccccc1)C(=O)CN(c1ccc(F)cc1)S(=O)(=O)c1ccc(OC)cc1. The molecule has 208 valence electrons. The minimum absolute atomic E-state index is 0.0648. The van der Waals surface area contributed by atoms with Crippen LogP contribution in [0.15, 0.2) is 83.8 Å². The van der Waals surface area contributed by atoms with Gasteiger partial charge >= 0.3 is 0 Å². The van der Waals surface area contributed by atoms with Gasteiger partial charge in [-0.1, -0.05) is 37.3 Å². The van der Waals surface area contributed by atoms with E-state index in [2.05, 4.69) is 5.32 Å². The average Bonchev–Trinajstić information content (AvgIpc) is 2.95. The molecular weight excluding hydrogens is 521 g/mol. The maximum atomic E-state index is 13.8. The number of nitrogens with one attached hydrogen (secondary N) is 1. The first-order valence-corrected chi connectivity index (χ1v) is 14.1. The molecule has 2 amide bonds. The molecule has 0 aromatic heterocycles. The Morgan fingerprint density at radius 1 is 0.974 bits per heavy atom. The average molecular weight is 556 g/mol. The van der Waals surface area contributed by atoms with Crippen molar-refractivity contribution in [2.45, 2.75) is 37.6 Å². The van der Waals surface area contributed by atoms with Crippen molar-refractivity contribution >= 4 is 27.5 Å². The highest BCUT2D eigenvalue weighted by Gasteiger charge is 2.32. The van der Waals surface area contributed by atoms with Gasteiger partial charge in [0, 0.05) is 13.1 Å². The lowest BCUT2D eigenvalue weighted by Gasteiger charge is -2.32. The Labute approximate surface area is 229 Å². The fraction of sp³-hybridized carbons (Fsp3) is 0.310. The van der Waals surface area contributed by atoms with Gasteiger partial charge in [-0.3, -0.25) is 13.9 Å². The van der Waals surface area contributed by atoms with Crippen molar-refractivity contribution in [2.75, 3.05) is 31.0 Å². The van der Waals surface area contributed by atoms with Gasteiger partial charge in [0.25, 0.3) is 10.0 Å². The summed E-state index contributed by atoms with van der Waals surface area (Å²) in [7, 11) is -2.77. The first-order valence-electron chi connectivity index (χ1n) is 12.7. The van der Waals surface area contributed by atoms with Crippen LogP contribution in [0.25, 0.3) is 0 Å². The van der Waals surface area contributed by atoms with E-state index in [9.17, 15) is 22.4 Å². The Kier molecular flexibility index (Phi) is 10.4. The van der Waals surface area contributed by atoms with Crippen LogP contribution in [0.4, 0.5) is 10.1 Å². The number of methoxy groups -OCH3 is 1. The molecule has 0 heterocycles. The molecule has 1 atom stereocenters. The van der Waals surface area contributed by atoms with Crippen LogP contribution in [0.5, 0.6) is 5.75 Å². The number of carbonyl (C=O) groups excluding carboxylic acids is 2. The fourth-order valence-corrected chi connectivity index (χ4v) is 5.39. The van der Waals surface area contributed by atoms with Crippen molar-refractivity contribution in [3.63, 3.8) is 0 Å². The molecule has 39 heavy (non-hydrogen) atoms. The van der Waals surface area contributed by atoms with Crippen molar-refractivity contribution in [1.29, 1.82) is 0 Å². The summed E-state index contributed by atoms with van der Waals surface area (Å²) in [6.07, 6.45) is 1.20. The smallest absolute Gasteiger partial charge is 0.264 e. The molecule has 3 rings (SSSR count). The molecule has 3 aromatic carbocycles. The van der Waals surface area contributed by atoms with E-state index in [1.165, 1.54) is 48.4 Å². The number of amides is 2. The van der Waals surface area contributed by atoms with Crippen LogP contribution in [0.2, 0.25) is 0 Å². The van der Waals surface area contributed by atoms with Crippen LogP contribution in [0.1, 0.15) is 25.8 Å². The number of carbonyl (C=O) groups is 2. The third-order valence-corrected chi connectivity index (χ3v) is 8.03. The van der Waals surface area contributed by atoms with Gasteiger partial charge in [-0.25, -0.2) is 12.8 Å². The summed E-state index contributed by atoms with van der Waals surface area (Å²) in [6, 6.07) is 19.3. The Bertz CT molecular complexity index is 1330. The summed E-state index contributed by atoms with van der Waals surface area (Å²) in [5.74, 6) is -0.967. The summed E-state index contributed by atoms with van der Waals surface area (Å²) >= 11 is 0. The lowest BCUT2D eigenvalue weighted by molar-refractivity contribution is -0.138. The molecule has 3 aromatic rings. The minimum Gasteiger partial charge on any atom is -0.497 e. The van der Waals surface area contributed by atoms with Gasteiger partial charge in [-0.2, -0.15) is 0 Å². The zero-order valence-corrected chi connectivity index (χ0v) is 23.2. The molecule has 0 spiro atoms. The molecule has 0 aliphatic heterocycles. The minimum atomic E-state index is -4.24. The van der Waals surface area contributed by atoms with E-state index in [-0.39, 0.29) is 23.0 Å². The second kappa shape index (κ2) is 13.7. The molecule has 0 saturated carbocycles. The molecule has 10 heteroatoms. The lowest BCUT2D eigenvalue weighted by Crippen LogP contribution is -2.52. The zero-order chi connectivity index (χ0) is 28.4. The van der Waals surface area contributed by atoms with Gasteiger partial charge in [0.15, 0.2) is 0 Å². The van der Waals surface area contributed by atoms with E-state index in [1.807, 2.05) is 37.3 Å². The van der Waals surface area contributed by atoms with E-state index in [0.29, 0.717) is 18.7 Å². The maximum absolute atomic E-state index is 13.8. The first-order chi connectivity index (χ1) is 18.7. The van der Waals surface area contributed by atoms with Crippen LogP contribution >= 0.6 is 0 Å². The van der Waals surface area contributed by atoms with Crippen LogP contribution < -0.4 is 14.4 Å². The fourth-order valence-electron chi connectivity index (χ4n) is 3.98. The number of anilines is 1. The number of rotatable bonds is 13. The third-order valence-electron chi connectivity index (χ3n) is 6.24. The van der Waals surface area contributed by atoms with Crippen molar-refractivity contribution in [3.05, 3.63) is 90.2 Å². The van der Waals surface area contributed by atoms with Crippen LogP contribution in [-0.4, -0.2) is 57.9 Å². The molecule has 0 fully saturated rings. The standard InChI is InChI=1S/C29H34FN3O5S/c1-4-19-31-29(35)22(2)32(20-18-23-8-6-5-7-9-23)28(34)21-33(25-12-10-24(30)11-13-25)39(36,37)27-16-14-26(38-3)15-17-27/h5-17,22H,4,18-21H2,1-3H3,(H,31,35)/t22-/m1/s1. The number of hydrogen-bond acceptors (Lipinski definition) is 5. The molecule has 0 aliphatic rings. The van der Waals surface area contributed by atoms with Gasteiger partial charge in [-0.05, 0) is 73.9 Å². The summed E-state index contributed by atoms with van der Waals surface area (Å²) in [5.41, 5.74) is 1.09. The van der Waals surface area contributed by atoms with E-state index in [0.717, 1.165) is 28.4 Å². The normalized spacial score (nSPS) is 11.9. The second-order valence-electron chi connectivity index (χ2n) is 8.95. The first kappa shape index (κ1) is 29.6. The Morgan fingerprint density at radius 2 is 1.62 bits per heavy atom. The molecule has 0 radical (unpaired) electrons. The van der Waals surface area contributed by atoms with Crippen LogP contribution in [0.3, 0.4) is 0 Å². The van der Waals surface area contributed by atoms with Crippen molar-refractivity contribution in [1.82, 2.24) is 10.2 Å². The monoisotopic (exact) mass is 555 g/mol. The molecule has 0 saturated heterocycles. The number of hydrogen-bond donors (Lipinski definition) is 1. The van der Waals surface area contributed by atoms with Crippen molar-refractivity contribution < 1.29 is 27.1 Å². The summed E-state index contributed by atoms with van der Waals surface area (Å²) in [6.45, 7) is 3.61. The highest BCUT2D eigenvalue weighted by molar-refractivity contribution is 7.92. The van der Waals surface area contributed by atoms with Crippen LogP contribution in [0, 0.1) is 5.82 Å². The van der Waals surface area contributed by atoms with E-state index < -0.39 is 34.3 Å². The number of halogens is 1. The molecule has 0 bridgehead atoms. The van der Waals surface area contributed by atoms with E-state index >= 15 is 0 Å². The Morgan fingerprint density at radius 3 is 2.21 bits per heavy atom. The molecule has 1 N–H and O–H groups in total. The molecular formula is C29H34FN3O5S. The summed E-state index contributed by atoms with van der Waals surface area (Å²) in [4.78, 5) is 27.9. The number of benzene rings is 3. The topological polar surface area (TPSA) is 96.0 Å². The lowest BCUT2D eigenvalue weighted by atomic mass is 10.1.